The van der Waals surface area contributed by atoms with E-state index < -0.39 is 52.4 Å². The summed E-state index contributed by atoms with van der Waals surface area (Å²) < 4.78 is 9.45. The average Bonchev–Trinajstić information content (AvgIpc) is 2.59. The summed E-state index contributed by atoms with van der Waals surface area (Å²) in [6, 6.07) is 5.25. The highest BCUT2D eigenvalue weighted by Crippen LogP contribution is 2.47. The van der Waals surface area contributed by atoms with Gasteiger partial charge in [0, 0.05) is 24.5 Å². The number of hydrogen-bond donors (Lipinski definition) is 1. The standard InChI is InChI=1S/C17H19NO8/c1-17(22)8-11(19)13(15(20)25-2)12(14(17)16(21)26-3)9-5-4-6-10(7-9)18(23)24/h4-7,12-14,22H,8H2,1-3H3/t12-,13+,14-,17-/m0/s1. The van der Waals surface area contributed by atoms with Crippen LogP contribution in [0.25, 0.3) is 0 Å². The summed E-state index contributed by atoms with van der Waals surface area (Å²) in [5.41, 5.74) is -1.87. The maximum Gasteiger partial charge on any atom is 0.316 e. The van der Waals surface area contributed by atoms with Crippen LogP contribution in [0.15, 0.2) is 24.3 Å². The van der Waals surface area contributed by atoms with Gasteiger partial charge in [-0.05, 0) is 12.5 Å². The molecule has 0 saturated heterocycles. The molecule has 26 heavy (non-hydrogen) atoms. The third-order valence-corrected chi connectivity index (χ3v) is 4.64. The zero-order valence-corrected chi connectivity index (χ0v) is 14.5. The van der Waals surface area contributed by atoms with Crippen molar-refractivity contribution in [2.75, 3.05) is 14.2 Å². The molecule has 0 unspecified atom stereocenters. The highest BCUT2D eigenvalue weighted by molar-refractivity contribution is 6.02. The summed E-state index contributed by atoms with van der Waals surface area (Å²) in [4.78, 5) is 47.6. The first kappa shape index (κ1) is 19.5. The number of ketones is 1. The number of rotatable bonds is 4. The van der Waals surface area contributed by atoms with Gasteiger partial charge in [-0.2, -0.15) is 0 Å². The highest BCUT2D eigenvalue weighted by Gasteiger charge is 2.57. The quantitative estimate of drug-likeness (QED) is 0.361. The summed E-state index contributed by atoms with van der Waals surface area (Å²) in [5, 5.41) is 21.8. The number of benzene rings is 1. The fourth-order valence-corrected chi connectivity index (χ4v) is 3.52. The number of aliphatic hydroxyl groups is 1. The fraction of sp³-hybridized carbons (Fsp3) is 0.471. The Morgan fingerprint density at radius 1 is 1.27 bits per heavy atom. The van der Waals surface area contributed by atoms with Gasteiger partial charge in [0.25, 0.3) is 5.69 Å². The Labute approximate surface area is 149 Å². The lowest BCUT2D eigenvalue weighted by molar-refractivity contribution is -0.385. The third-order valence-electron chi connectivity index (χ3n) is 4.64. The number of esters is 2. The zero-order valence-electron chi connectivity index (χ0n) is 14.5. The second kappa shape index (κ2) is 7.20. The van der Waals surface area contributed by atoms with Crippen LogP contribution in [0, 0.1) is 22.0 Å². The Kier molecular flexibility index (Phi) is 5.41. The van der Waals surface area contributed by atoms with Crippen LogP contribution >= 0.6 is 0 Å². The van der Waals surface area contributed by atoms with Crippen molar-refractivity contribution in [1.82, 2.24) is 0 Å². The summed E-state index contributed by atoms with van der Waals surface area (Å²) >= 11 is 0. The van der Waals surface area contributed by atoms with Crippen LogP contribution in [0.3, 0.4) is 0 Å². The molecule has 1 fully saturated rings. The minimum Gasteiger partial charge on any atom is -0.469 e. The van der Waals surface area contributed by atoms with E-state index in [0.717, 1.165) is 14.2 Å². The number of non-ortho nitro benzene ring substituents is 1. The maximum absolute atomic E-state index is 12.5. The van der Waals surface area contributed by atoms with Crippen molar-refractivity contribution in [3.8, 4) is 0 Å². The molecule has 9 heteroatoms. The molecule has 1 aromatic carbocycles. The molecule has 0 amide bonds. The highest BCUT2D eigenvalue weighted by atomic mass is 16.6. The first-order valence-electron chi connectivity index (χ1n) is 7.79. The Balaban J connectivity index is 2.69. The molecule has 0 aromatic heterocycles. The zero-order chi connectivity index (χ0) is 19.6. The second-order valence-corrected chi connectivity index (χ2v) is 6.38. The van der Waals surface area contributed by atoms with E-state index in [9.17, 15) is 29.6 Å². The first-order chi connectivity index (χ1) is 12.1. The van der Waals surface area contributed by atoms with Gasteiger partial charge in [-0.1, -0.05) is 12.1 Å². The molecule has 0 heterocycles. The van der Waals surface area contributed by atoms with Gasteiger partial charge < -0.3 is 14.6 Å². The van der Waals surface area contributed by atoms with E-state index in [-0.39, 0.29) is 11.3 Å². The smallest absolute Gasteiger partial charge is 0.316 e. The van der Waals surface area contributed by atoms with E-state index in [0.29, 0.717) is 0 Å². The topological polar surface area (TPSA) is 133 Å². The first-order valence-corrected chi connectivity index (χ1v) is 7.79. The molecule has 140 valence electrons. The van der Waals surface area contributed by atoms with E-state index >= 15 is 0 Å². The number of methoxy groups -OCH3 is 2. The molecule has 1 aliphatic carbocycles. The lowest BCUT2D eigenvalue weighted by Gasteiger charge is -2.43. The lowest BCUT2D eigenvalue weighted by Crippen LogP contribution is -2.55. The molecule has 0 bridgehead atoms. The van der Waals surface area contributed by atoms with Crippen molar-refractivity contribution in [3.05, 3.63) is 39.9 Å². The van der Waals surface area contributed by atoms with E-state index in [1.165, 1.54) is 31.2 Å². The van der Waals surface area contributed by atoms with Crippen LogP contribution in [-0.2, 0) is 23.9 Å². The van der Waals surface area contributed by atoms with Gasteiger partial charge in [0.05, 0.1) is 30.7 Å². The van der Waals surface area contributed by atoms with Crippen molar-refractivity contribution in [1.29, 1.82) is 0 Å². The monoisotopic (exact) mass is 365 g/mol. The number of hydrogen-bond acceptors (Lipinski definition) is 8. The van der Waals surface area contributed by atoms with Gasteiger partial charge in [-0.3, -0.25) is 24.5 Å². The van der Waals surface area contributed by atoms with Gasteiger partial charge in [-0.15, -0.1) is 0 Å². The minimum atomic E-state index is -1.79. The van der Waals surface area contributed by atoms with Gasteiger partial charge in [0.15, 0.2) is 5.78 Å². The van der Waals surface area contributed by atoms with Crippen LogP contribution in [0.1, 0.15) is 24.8 Å². The summed E-state index contributed by atoms with van der Waals surface area (Å²) in [6.45, 7) is 1.30. The predicted molar refractivity (Wildman–Crippen MR) is 87.1 cm³/mol. The summed E-state index contributed by atoms with van der Waals surface area (Å²) in [6.07, 6.45) is -0.446. The molecular weight excluding hydrogens is 346 g/mol. The number of ether oxygens (including phenoxy) is 2. The van der Waals surface area contributed by atoms with Gasteiger partial charge in [-0.25, -0.2) is 0 Å². The van der Waals surface area contributed by atoms with Crippen LogP contribution in [0.2, 0.25) is 0 Å². The average molecular weight is 365 g/mol. The van der Waals surface area contributed by atoms with Crippen LogP contribution in [0.5, 0.6) is 0 Å². The van der Waals surface area contributed by atoms with Crippen LogP contribution < -0.4 is 0 Å². The maximum atomic E-state index is 12.5. The Hall–Kier alpha value is -2.81. The Bertz CT molecular complexity index is 757. The van der Waals surface area contributed by atoms with Crippen LogP contribution in [-0.4, -0.2) is 47.6 Å². The van der Waals surface area contributed by atoms with Gasteiger partial charge >= 0.3 is 11.9 Å². The molecular formula is C17H19NO8. The SMILES string of the molecule is COC(=O)[C@@H]1C(=O)C[C@](C)(O)[C@H](C(=O)OC)[C@H]1c1cccc([N+](=O)[O-])c1. The van der Waals surface area contributed by atoms with E-state index in [1.807, 2.05) is 0 Å². The normalized spacial score (nSPS) is 28.3. The van der Waals surface area contributed by atoms with Gasteiger partial charge in [0.1, 0.15) is 5.92 Å². The predicted octanol–water partition coefficient (Wildman–Crippen LogP) is 0.981. The largest absolute Gasteiger partial charge is 0.469 e. The molecule has 0 aliphatic heterocycles. The molecule has 1 aromatic rings. The van der Waals surface area contributed by atoms with Crippen molar-refractivity contribution in [2.24, 2.45) is 11.8 Å². The fourth-order valence-electron chi connectivity index (χ4n) is 3.52. The number of nitro benzene ring substituents is 1. The lowest BCUT2D eigenvalue weighted by atomic mass is 9.61. The van der Waals surface area contributed by atoms with Crippen molar-refractivity contribution in [3.63, 3.8) is 0 Å². The minimum absolute atomic E-state index is 0.193. The molecule has 4 atom stereocenters. The molecule has 1 saturated carbocycles. The summed E-state index contributed by atoms with van der Waals surface area (Å²) in [7, 11) is 2.21. The van der Waals surface area contributed by atoms with E-state index in [4.69, 9.17) is 9.47 Å². The van der Waals surface area contributed by atoms with Crippen molar-refractivity contribution < 1.29 is 33.9 Å². The van der Waals surface area contributed by atoms with Crippen molar-refractivity contribution >= 4 is 23.4 Å². The molecule has 1 N–H and O–H groups in total. The third kappa shape index (κ3) is 3.43. The van der Waals surface area contributed by atoms with Crippen LogP contribution in [0.4, 0.5) is 5.69 Å². The van der Waals surface area contributed by atoms with Crippen molar-refractivity contribution in [2.45, 2.75) is 24.9 Å². The number of Topliss-reactive ketones (excluding diaryl/α,β-unsaturated/α-hetero) is 1. The number of nitro groups is 1. The van der Waals surface area contributed by atoms with E-state index in [2.05, 4.69) is 0 Å². The molecule has 9 nitrogen and oxygen atoms in total. The Morgan fingerprint density at radius 2 is 1.88 bits per heavy atom. The number of carbonyl (C=O) groups is 3. The number of carbonyl (C=O) groups excluding carboxylic acids is 3. The molecule has 0 radical (unpaired) electrons. The second-order valence-electron chi connectivity index (χ2n) is 6.38. The Morgan fingerprint density at radius 3 is 2.42 bits per heavy atom. The summed E-state index contributed by atoms with van der Waals surface area (Å²) in [5.74, 6) is -6.14. The van der Waals surface area contributed by atoms with E-state index in [1.54, 1.807) is 0 Å². The molecule has 1 aliphatic rings. The van der Waals surface area contributed by atoms with Gasteiger partial charge in [0.2, 0.25) is 0 Å². The number of nitrogens with zero attached hydrogens (tertiary/aromatic N) is 1. The molecule has 0 spiro atoms. The molecule has 2 rings (SSSR count).